The second-order valence-electron chi connectivity index (χ2n) is 9.15. The molecule has 3 aromatic carbocycles. The molecule has 10 heteroatoms. The summed E-state index contributed by atoms with van der Waals surface area (Å²) in [4.78, 5) is 2.04. The van der Waals surface area contributed by atoms with E-state index in [1.807, 2.05) is 0 Å². The molecule has 0 unspecified atom stereocenters. The zero-order valence-electron chi connectivity index (χ0n) is 19.3. The first-order valence-corrected chi connectivity index (χ1v) is 13.5. The number of halogens is 3. The highest BCUT2D eigenvalue weighted by atomic mass is 35.5. The maximum Gasteiger partial charge on any atom is 0.268 e. The normalized spacial score (nSPS) is 18.6. The lowest BCUT2D eigenvalue weighted by molar-refractivity contribution is 0.0904. The summed E-state index contributed by atoms with van der Waals surface area (Å²) < 4.78 is 61.9. The van der Waals surface area contributed by atoms with Crippen LogP contribution in [0.4, 0.5) is 14.5 Å². The summed E-state index contributed by atoms with van der Waals surface area (Å²) in [5.74, 6) is -0.519. The summed E-state index contributed by atoms with van der Waals surface area (Å²) in [6.07, 6.45) is 0.632. The van der Waals surface area contributed by atoms with Crippen molar-refractivity contribution in [2.45, 2.75) is 23.8 Å². The van der Waals surface area contributed by atoms with Gasteiger partial charge < -0.3 is 14.7 Å². The minimum atomic E-state index is -4.07. The van der Waals surface area contributed by atoms with Gasteiger partial charge in [0.2, 0.25) is 0 Å². The highest BCUT2D eigenvalue weighted by Crippen LogP contribution is 2.44. The van der Waals surface area contributed by atoms with Crippen molar-refractivity contribution in [3.8, 4) is 11.5 Å². The Hall–Kier alpha value is -2.72. The third-order valence-corrected chi connectivity index (χ3v) is 8.74. The van der Waals surface area contributed by atoms with Crippen LogP contribution in [0.25, 0.3) is 0 Å². The molecule has 0 radical (unpaired) electrons. The van der Waals surface area contributed by atoms with Gasteiger partial charge >= 0.3 is 0 Å². The maximum absolute atomic E-state index is 14.2. The second-order valence-corrected chi connectivity index (χ2v) is 11.4. The van der Waals surface area contributed by atoms with Crippen LogP contribution in [0.5, 0.6) is 11.5 Å². The SMILES string of the molecule is O=S1(=O)c2cc(Cl)ccc2Oc2ccc(F)cc2N1CC1CCN(C[C@H](O)c2ccc(F)cc2)CC1. The first kappa shape index (κ1) is 25.0. The molecule has 36 heavy (non-hydrogen) atoms. The number of nitrogens with zero attached hydrogens (tertiary/aromatic N) is 2. The number of aliphatic hydroxyl groups is 1. The Morgan fingerprint density at radius 2 is 1.64 bits per heavy atom. The molecule has 6 nitrogen and oxygen atoms in total. The Bertz CT molecular complexity index is 1360. The average Bonchev–Trinajstić information content (AvgIpc) is 2.93. The van der Waals surface area contributed by atoms with E-state index in [9.17, 15) is 22.3 Å². The van der Waals surface area contributed by atoms with Gasteiger partial charge in [0.05, 0.1) is 11.8 Å². The number of likely N-dealkylation sites (tertiary alicyclic amines) is 1. The van der Waals surface area contributed by atoms with Crippen LogP contribution >= 0.6 is 11.6 Å². The van der Waals surface area contributed by atoms with E-state index in [2.05, 4.69) is 4.90 Å². The van der Waals surface area contributed by atoms with E-state index in [0.29, 0.717) is 38.0 Å². The fourth-order valence-electron chi connectivity index (χ4n) is 4.72. The highest BCUT2D eigenvalue weighted by Gasteiger charge is 2.36. The molecule has 1 saturated heterocycles. The third kappa shape index (κ3) is 5.06. The van der Waals surface area contributed by atoms with E-state index < -0.39 is 21.9 Å². The zero-order valence-corrected chi connectivity index (χ0v) is 20.9. The number of hydrogen-bond acceptors (Lipinski definition) is 5. The topological polar surface area (TPSA) is 70.1 Å². The van der Waals surface area contributed by atoms with Crippen molar-refractivity contribution < 1.29 is 27.0 Å². The van der Waals surface area contributed by atoms with Crippen LogP contribution in [-0.4, -0.2) is 44.6 Å². The number of sulfonamides is 1. The van der Waals surface area contributed by atoms with Gasteiger partial charge in [0, 0.05) is 24.2 Å². The van der Waals surface area contributed by atoms with Crippen LogP contribution in [-0.2, 0) is 10.0 Å². The monoisotopic (exact) mass is 534 g/mol. The van der Waals surface area contributed by atoms with Crippen molar-refractivity contribution in [3.05, 3.63) is 82.9 Å². The molecule has 3 aromatic rings. The van der Waals surface area contributed by atoms with Crippen molar-refractivity contribution in [1.29, 1.82) is 0 Å². The predicted molar refractivity (Wildman–Crippen MR) is 133 cm³/mol. The second kappa shape index (κ2) is 9.97. The number of aliphatic hydroxyl groups excluding tert-OH is 1. The Balaban J connectivity index is 1.33. The Morgan fingerprint density at radius 1 is 0.972 bits per heavy atom. The minimum absolute atomic E-state index is 0.0100. The zero-order chi connectivity index (χ0) is 25.4. The van der Waals surface area contributed by atoms with Crippen LogP contribution in [0.2, 0.25) is 5.02 Å². The van der Waals surface area contributed by atoms with Gasteiger partial charge in [-0.1, -0.05) is 23.7 Å². The Morgan fingerprint density at radius 3 is 2.36 bits per heavy atom. The molecule has 0 aromatic heterocycles. The molecule has 0 saturated carbocycles. The molecule has 2 heterocycles. The third-order valence-electron chi connectivity index (χ3n) is 6.70. The number of rotatable bonds is 5. The largest absolute Gasteiger partial charge is 0.454 e. The fourth-order valence-corrected chi connectivity index (χ4v) is 6.65. The standard InChI is InChI=1S/C26H25ClF2N2O4S/c27-19-3-7-25-26(13-19)36(33,34)31(22-14-21(29)6-8-24(22)35-25)15-17-9-11-30(12-10-17)16-23(32)18-1-4-20(28)5-2-18/h1-8,13-14,17,23,32H,9-12,15-16H2/t23-/m0/s1. The molecule has 1 N–H and O–H groups in total. The van der Waals surface area contributed by atoms with Crippen molar-refractivity contribution in [3.63, 3.8) is 0 Å². The lowest BCUT2D eigenvalue weighted by Gasteiger charge is -2.35. The molecular weight excluding hydrogens is 510 g/mol. The number of anilines is 1. The Kier molecular flexibility index (Phi) is 6.91. The molecular formula is C26H25ClF2N2O4S. The molecule has 5 rings (SSSR count). The van der Waals surface area contributed by atoms with Crippen LogP contribution in [0, 0.1) is 17.6 Å². The van der Waals surface area contributed by atoms with Crippen LogP contribution in [0.15, 0.2) is 65.6 Å². The van der Waals surface area contributed by atoms with Crippen LogP contribution in [0.3, 0.4) is 0 Å². The van der Waals surface area contributed by atoms with Gasteiger partial charge in [0.15, 0.2) is 5.75 Å². The van der Waals surface area contributed by atoms with Crippen molar-refractivity contribution in [1.82, 2.24) is 4.90 Å². The number of fused-ring (bicyclic) bond motifs is 2. The van der Waals surface area contributed by atoms with Crippen molar-refractivity contribution in [2.24, 2.45) is 5.92 Å². The highest BCUT2D eigenvalue weighted by molar-refractivity contribution is 7.93. The molecule has 190 valence electrons. The maximum atomic E-state index is 14.2. The number of benzene rings is 3. The summed E-state index contributed by atoms with van der Waals surface area (Å²) in [6, 6.07) is 14.0. The predicted octanol–water partition coefficient (Wildman–Crippen LogP) is 5.36. The molecule has 0 bridgehead atoms. The van der Waals surface area contributed by atoms with Gasteiger partial charge in [-0.05, 0) is 79.9 Å². The van der Waals surface area contributed by atoms with E-state index in [-0.39, 0.29) is 45.4 Å². The minimum Gasteiger partial charge on any atom is -0.454 e. The quantitative estimate of drug-likeness (QED) is 0.477. The molecule has 2 aliphatic rings. The van der Waals surface area contributed by atoms with Gasteiger partial charge in [-0.3, -0.25) is 4.31 Å². The van der Waals surface area contributed by atoms with Gasteiger partial charge in [-0.2, -0.15) is 0 Å². The molecule has 1 fully saturated rings. The summed E-state index contributed by atoms with van der Waals surface area (Å²) in [5, 5.41) is 10.8. The van der Waals surface area contributed by atoms with E-state index in [1.54, 1.807) is 18.2 Å². The molecule has 0 aliphatic carbocycles. The molecule has 2 aliphatic heterocycles. The number of ether oxygens (including phenoxy) is 1. The summed E-state index contributed by atoms with van der Waals surface area (Å²) in [7, 11) is -4.07. The molecule has 0 spiro atoms. The van der Waals surface area contributed by atoms with Gasteiger partial charge in [0.1, 0.15) is 22.3 Å². The lowest BCUT2D eigenvalue weighted by atomic mass is 9.96. The number of piperidine rings is 1. The van der Waals surface area contributed by atoms with E-state index in [1.165, 1.54) is 46.8 Å². The first-order chi connectivity index (χ1) is 17.2. The first-order valence-electron chi connectivity index (χ1n) is 11.7. The van der Waals surface area contributed by atoms with Gasteiger partial charge in [0.25, 0.3) is 10.0 Å². The fraction of sp³-hybridized carbons (Fsp3) is 0.308. The van der Waals surface area contributed by atoms with E-state index in [0.717, 1.165) is 0 Å². The molecule has 1 atom stereocenters. The average molecular weight is 535 g/mol. The summed E-state index contributed by atoms with van der Waals surface area (Å²) in [6.45, 7) is 1.87. The van der Waals surface area contributed by atoms with Crippen LogP contribution < -0.4 is 9.04 Å². The number of β-amino-alcohol motifs (C(OH)–C–C–N with tert-alkyl or cyclic N) is 1. The lowest BCUT2D eigenvalue weighted by Crippen LogP contribution is -2.42. The van der Waals surface area contributed by atoms with Crippen LogP contribution in [0.1, 0.15) is 24.5 Å². The van der Waals surface area contributed by atoms with E-state index in [4.69, 9.17) is 16.3 Å². The van der Waals surface area contributed by atoms with Crippen molar-refractivity contribution >= 4 is 27.3 Å². The van der Waals surface area contributed by atoms with Gasteiger partial charge in [-0.25, -0.2) is 17.2 Å². The molecule has 0 amide bonds. The summed E-state index contributed by atoms with van der Waals surface area (Å²) >= 11 is 6.10. The smallest absolute Gasteiger partial charge is 0.268 e. The van der Waals surface area contributed by atoms with E-state index >= 15 is 0 Å². The van der Waals surface area contributed by atoms with Gasteiger partial charge in [-0.15, -0.1) is 0 Å². The van der Waals surface area contributed by atoms with Crippen molar-refractivity contribution in [2.75, 3.05) is 30.5 Å². The number of hydrogen-bond donors (Lipinski definition) is 1. The Labute approximate surface area is 213 Å². The summed E-state index contributed by atoms with van der Waals surface area (Å²) in [5.41, 5.74) is 0.793.